The molecule has 8 heteroatoms. The molecule has 2 rings (SSSR count). The Hall–Kier alpha value is -2.31. The lowest BCUT2D eigenvalue weighted by molar-refractivity contribution is -0.385. The van der Waals surface area contributed by atoms with Crippen LogP contribution in [-0.4, -0.2) is 15.9 Å². The number of benzene rings is 2. The Balaban J connectivity index is 2.33. The van der Waals surface area contributed by atoms with E-state index in [2.05, 4.69) is 5.32 Å². The van der Waals surface area contributed by atoms with E-state index >= 15 is 0 Å². The number of nitro benzene ring substituents is 1. The zero-order valence-corrected chi connectivity index (χ0v) is 11.9. The second-order valence-corrected chi connectivity index (χ2v) is 4.92. The molecule has 0 aromatic heterocycles. The van der Waals surface area contributed by atoms with Gasteiger partial charge in [0.15, 0.2) is 0 Å². The third-order valence-corrected chi connectivity index (χ3v) is 3.01. The van der Waals surface area contributed by atoms with E-state index in [1.807, 2.05) is 0 Å². The van der Waals surface area contributed by atoms with Crippen LogP contribution in [0.1, 0.15) is 10.4 Å². The van der Waals surface area contributed by atoms with Crippen LogP contribution in [0.2, 0.25) is 10.0 Å². The van der Waals surface area contributed by atoms with Gasteiger partial charge >= 0.3 is 5.69 Å². The number of nitrogens with zero attached hydrogens (tertiary/aromatic N) is 1. The van der Waals surface area contributed by atoms with Crippen molar-refractivity contribution in [3.63, 3.8) is 0 Å². The molecule has 2 aromatic rings. The summed E-state index contributed by atoms with van der Waals surface area (Å²) in [5.41, 5.74) is -0.463. The summed E-state index contributed by atoms with van der Waals surface area (Å²) >= 11 is 11.6. The lowest BCUT2D eigenvalue weighted by Gasteiger charge is -2.08. The Morgan fingerprint density at radius 3 is 2.38 bits per heavy atom. The zero-order valence-electron chi connectivity index (χ0n) is 10.3. The highest BCUT2D eigenvalue weighted by molar-refractivity contribution is 6.35. The summed E-state index contributed by atoms with van der Waals surface area (Å²) in [6.45, 7) is 0. The molecule has 0 saturated heterocycles. The zero-order chi connectivity index (χ0) is 15.6. The maximum atomic E-state index is 12.1. The molecular weight excluding hydrogens is 319 g/mol. The number of hydrogen-bond donors (Lipinski definition) is 2. The number of anilines is 1. The first-order valence-electron chi connectivity index (χ1n) is 5.62. The van der Waals surface area contributed by atoms with Crippen LogP contribution in [0.5, 0.6) is 5.75 Å². The van der Waals surface area contributed by atoms with E-state index in [-0.39, 0.29) is 5.56 Å². The van der Waals surface area contributed by atoms with Crippen LogP contribution in [0.3, 0.4) is 0 Å². The number of aromatic hydroxyl groups is 1. The number of rotatable bonds is 3. The quantitative estimate of drug-likeness (QED) is 0.661. The van der Waals surface area contributed by atoms with Gasteiger partial charge in [0, 0.05) is 21.8 Å². The van der Waals surface area contributed by atoms with E-state index in [1.165, 1.54) is 30.3 Å². The fraction of sp³-hybridized carbons (Fsp3) is 0. The Morgan fingerprint density at radius 1 is 1.19 bits per heavy atom. The Kier molecular flexibility index (Phi) is 4.30. The lowest BCUT2D eigenvalue weighted by atomic mass is 10.1. The molecule has 0 aliphatic carbocycles. The maximum absolute atomic E-state index is 12.1. The molecular formula is C13H8Cl2N2O4. The fourth-order valence-corrected chi connectivity index (χ4v) is 2.21. The SMILES string of the molecule is O=C(Nc1cc(Cl)cc(Cl)c1)c1cccc([N+](=O)[O-])c1O. The molecule has 108 valence electrons. The molecule has 0 fully saturated rings. The fourth-order valence-electron chi connectivity index (χ4n) is 1.69. The van der Waals surface area contributed by atoms with Crippen molar-refractivity contribution in [1.29, 1.82) is 0 Å². The number of phenols is 1. The second-order valence-electron chi connectivity index (χ2n) is 4.04. The number of nitrogens with one attached hydrogen (secondary N) is 1. The first kappa shape index (κ1) is 15.1. The third-order valence-electron chi connectivity index (χ3n) is 2.58. The van der Waals surface area contributed by atoms with Crippen molar-refractivity contribution in [3.05, 3.63) is 62.1 Å². The van der Waals surface area contributed by atoms with Gasteiger partial charge in [0.2, 0.25) is 5.75 Å². The number of phenolic OH excluding ortho intramolecular Hbond substituents is 1. The molecule has 0 heterocycles. The number of carbonyl (C=O) groups excluding carboxylic acids is 1. The monoisotopic (exact) mass is 326 g/mol. The summed E-state index contributed by atoms with van der Waals surface area (Å²) in [5, 5.41) is 23.6. The standard InChI is InChI=1S/C13H8Cl2N2O4/c14-7-4-8(15)6-9(5-7)16-13(19)10-2-1-3-11(12(10)18)17(20)21/h1-6,18H,(H,16,19). The van der Waals surface area contributed by atoms with Crippen LogP contribution in [-0.2, 0) is 0 Å². The predicted molar refractivity (Wildman–Crippen MR) is 79.2 cm³/mol. The average molecular weight is 327 g/mol. The summed E-state index contributed by atoms with van der Waals surface area (Å²) in [6.07, 6.45) is 0. The molecule has 0 radical (unpaired) electrons. The smallest absolute Gasteiger partial charge is 0.311 e. The number of hydrogen-bond acceptors (Lipinski definition) is 4. The molecule has 6 nitrogen and oxygen atoms in total. The molecule has 0 unspecified atom stereocenters. The highest BCUT2D eigenvalue weighted by atomic mass is 35.5. The molecule has 2 N–H and O–H groups in total. The van der Waals surface area contributed by atoms with Gasteiger partial charge < -0.3 is 10.4 Å². The van der Waals surface area contributed by atoms with Gasteiger partial charge in [0.1, 0.15) is 0 Å². The maximum Gasteiger partial charge on any atom is 0.311 e. The molecule has 0 spiro atoms. The van der Waals surface area contributed by atoms with Crippen molar-refractivity contribution < 1.29 is 14.8 Å². The van der Waals surface area contributed by atoms with E-state index in [4.69, 9.17) is 23.2 Å². The van der Waals surface area contributed by atoms with Crippen LogP contribution in [0.25, 0.3) is 0 Å². The largest absolute Gasteiger partial charge is 0.502 e. The third kappa shape index (κ3) is 3.42. The number of halogens is 2. The van der Waals surface area contributed by atoms with Crippen molar-refractivity contribution in [3.8, 4) is 5.75 Å². The van der Waals surface area contributed by atoms with Gasteiger partial charge in [-0.05, 0) is 24.3 Å². The minimum Gasteiger partial charge on any atom is -0.502 e. The van der Waals surface area contributed by atoms with E-state index in [9.17, 15) is 20.0 Å². The van der Waals surface area contributed by atoms with Crippen LogP contribution in [0.15, 0.2) is 36.4 Å². The molecule has 0 aliphatic heterocycles. The molecule has 2 aromatic carbocycles. The van der Waals surface area contributed by atoms with Gasteiger partial charge in [-0.1, -0.05) is 29.3 Å². The van der Waals surface area contributed by atoms with Crippen LogP contribution < -0.4 is 5.32 Å². The Morgan fingerprint density at radius 2 is 1.81 bits per heavy atom. The molecule has 0 atom stereocenters. The summed E-state index contributed by atoms with van der Waals surface area (Å²) in [4.78, 5) is 22.0. The van der Waals surface area contributed by atoms with Gasteiger partial charge in [0.25, 0.3) is 5.91 Å². The second kappa shape index (κ2) is 5.99. The summed E-state index contributed by atoms with van der Waals surface area (Å²) in [5.74, 6) is -1.41. The first-order chi connectivity index (χ1) is 9.88. The van der Waals surface area contributed by atoms with E-state index in [0.717, 1.165) is 6.07 Å². The number of amides is 1. The minimum absolute atomic E-state index is 0.222. The summed E-state index contributed by atoms with van der Waals surface area (Å²) in [7, 11) is 0. The molecule has 0 saturated carbocycles. The van der Waals surface area contributed by atoms with Crippen LogP contribution in [0, 0.1) is 10.1 Å². The molecule has 0 bridgehead atoms. The van der Waals surface area contributed by atoms with Gasteiger partial charge in [-0.2, -0.15) is 0 Å². The number of carbonyl (C=O) groups is 1. The minimum atomic E-state index is -0.775. The molecule has 1 amide bonds. The van der Waals surface area contributed by atoms with Crippen LogP contribution in [0.4, 0.5) is 11.4 Å². The van der Waals surface area contributed by atoms with Gasteiger partial charge in [-0.15, -0.1) is 0 Å². The normalized spacial score (nSPS) is 10.2. The van der Waals surface area contributed by atoms with Crippen molar-refractivity contribution in [2.75, 3.05) is 5.32 Å². The topological polar surface area (TPSA) is 92.5 Å². The van der Waals surface area contributed by atoms with Gasteiger partial charge in [-0.3, -0.25) is 14.9 Å². The van der Waals surface area contributed by atoms with Crippen molar-refractivity contribution >= 4 is 40.5 Å². The summed E-state index contributed by atoms with van der Waals surface area (Å²) < 4.78 is 0. The Labute approximate surface area is 129 Å². The first-order valence-corrected chi connectivity index (χ1v) is 6.38. The molecule has 0 aliphatic rings. The van der Waals surface area contributed by atoms with Crippen molar-refractivity contribution in [1.82, 2.24) is 0 Å². The van der Waals surface area contributed by atoms with Gasteiger partial charge in [-0.25, -0.2) is 0 Å². The number of para-hydroxylation sites is 1. The van der Waals surface area contributed by atoms with Crippen molar-refractivity contribution in [2.45, 2.75) is 0 Å². The van der Waals surface area contributed by atoms with Crippen molar-refractivity contribution in [2.24, 2.45) is 0 Å². The van der Waals surface area contributed by atoms with E-state index in [0.29, 0.717) is 15.7 Å². The molecule has 21 heavy (non-hydrogen) atoms. The van der Waals surface area contributed by atoms with Crippen LogP contribution >= 0.6 is 23.2 Å². The van der Waals surface area contributed by atoms with E-state index < -0.39 is 22.3 Å². The lowest BCUT2D eigenvalue weighted by Crippen LogP contribution is -2.12. The van der Waals surface area contributed by atoms with E-state index in [1.54, 1.807) is 0 Å². The average Bonchev–Trinajstić information content (AvgIpc) is 2.37. The Bertz CT molecular complexity index is 714. The predicted octanol–water partition coefficient (Wildman–Crippen LogP) is 3.86. The summed E-state index contributed by atoms with van der Waals surface area (Å²) in [6, 6.07) is 8.08. The highest BCUT2D eigenvalue weighted by Gasteiger charge is 2.21. The van der Waals surface area contributed by atoms with Gasteiger partial charge in [0.05, 0.1) is 10.5 Å². The highest BCUT2D eigenvalue weighted by Crippen LogP contribution is 2.30. The number of nitro groups is 1.